The van der Waals surface area contributed by atoms with Crippen LogP contribution in [0.4, 0.5) is 11.6 Å². The van der Waals surface area contributed by atoms with Gasteiger partial charge in [-0.05, 0) is 55.5 Å². The molecule has 0 unspecified atom stereocenters. The number of ether oxygens (including phenoxy) is 1. The molecule has 39 heavy (non-hydrogen) atoms. The molecule has 1 saturated carbocycles. The summed E-state index contributed by atoms with van der Waals surface area (Å²) in [6.07, 6.45) is 15.5. The molecular weight excluding hydrogens is 492 g/mol. The first-order chi connectivity index (χ1) is 19.1. The molecule has 0 spiro atoms. The van der Waals surface area contributed by atoms with Gasteiger partial charge in [0.2, 0.25) is 0 Å². The lowest BCUT2D eigenvalue weighted by atomic mass is 9.89. The Kier molecular flexibility index (Phi) is 6.75. The molecular formula is C29H30N8O2. The molecule has 0 aromatic carbocycles. The summed E-state index contributed by atoms with van der Waals surface area (Å²) in [7, 11) is 1.38. The second-order valence-corrected chi connectivity index (χ2v) is 9.99. The first kappa shape index (κ1) is 24.7. The topological polar surface area (TPSA) is 112 Å². The van der Waals surface area contributed by atoms with Crippen LogP contribution in [0.2, 0.25) is 0 Å². The minimum Gasteiger partial charge on any atom is -0.465 e. The van der Waals surface area contributed by atoms with E-state index in [-0.39, 0.29) is 0 Å². The van der Waals surface area contributed by atoms with Crippen molar-refractivity contribution in [1.82, 2.24) is 34.3 Å². The SMILES string of the molecule is COC(=O)c1c(-c2cnn(CC3CCCCC3)c2)ccn2c(-c3cc(C)c(Nc4ccccn4)nn3)cnc12. The summed E-state index contributed by atoms with van der Waals surface area (Å²) >= 11 is 0. The van der Waals surface area contributed by atoms with Crippen LogP contribution in [0.3, 0.4) is 0 Å². The van der Waals surface area contributed by atoms with Crippen molar-refractivity contribution in [3.8, 4) is 22.5 Å². The lowest BCUT2D eigenvalue weighted by Crippen LogP contribution is -2.14. The predicted octanol–water partition coefficient (Wildman–Crippen LogP) is 5.47. The maximum absolute atomic E-state index is 13.0. The first-order valence-corrected chi connectivity index (χ1v) is 13.2. The van der Waals surface area contributed by atoms with Gasteiger partial charge in [-0.2, -0.15) is 5.10 Å². The van der Waals surface area contributed by atoms with Gasteiger partial charge in [-0.3, -0.25) is 9.08 Å². The van der Waals surface area contributed by atoms with Crippen LogP contribution in [0, 0.1) is 12.8 Å². The number of anilines is 2. The van der Waals surface area contributed by atoms with Gasteiger partial charge in [0.25, 0.3) is 0 Å². The Morgan fingerprint density at radius 2 is 1.97 bits per heavy atom. The number of carbonyl (C=O) groups is 1. The molecule has 1 aliphatic rings. The van der Waals surface area contributed by atoms with E-state index in [1.54, 1.807) is 12.4 Å². The Balaban J connectivity index is 1.34. The monoisotopic (exact) mass is 522 g/mol. The zero-order valence-electron chi connectivity index (χ0n) is 22.0. The summed E-state index contributed by atoms with van der Waals surface area (Å²) in [6, 6.07) is 9.46. The largest absolute Gasteiger partial charge is 0.465 e. The van der Waals surface area contributed by atoms with Gasteiger partial charge >= 0.3 is 5.97 Å². The number of aromatic nitrogens is 7. The van der Waals surface area contributed by atoms with Gasteiger partial charge in [-0.15, -0.1) is 10.2 Å². The predicted molar refractivity (Wildman–Crippen MR) is 148 cm³/mol. The van der Waals surface area contributed by atoms with E-state index in [0.717, 1.165) is 28.9 Å². The van der Waals surface area contributed by atoms with Crippen molar-refractivity contribution >= 4 is 23.3 Å². The third-order valence-electron chi connectivity index (χ3n) is 7.34. The fourth-order valence-corrected chi connectivity index (χ4v) is 5.31. The van der Waals surface area contributed by atoms with E-state index in [2.05, 4.69) is 30.6 Å². The van der Waals surface area contributed by atoms with E-state index in [0.29, 0.717) is 34.5 Å². The number of imidazole rings is 1. The lowest BCUT2D eigenvalue weighted by Gasteiger charge is -2.21. The van der Waals surface area contributed by atoms with Gasteiger partial charge in [0, 0.05) is 36.3 Å². The van der Waals surface area contributed by atoms with Gasteiger partial charge in [0.15, 0.2) is 11.5 Å². The molecule has 0 bridgehead atoms. The van der Waals surface area contributed by atoms with E-state index in [9.17, 15) is 4.79 Å². The summed E-state index contributed by atoms with van der Waals surface area (Å²) in [6.45, 7) is 2.85. The Bertz CT molecular complexity index is 1620. The second kappa shape index (κ2) is 10.6. The normalized spacial score (nSPS) is 14.0. The molecule has 5 aromatic rings. The highest BCUT2D eigenvalue weighted by atomic mass is 16.5. The molecule has 5 aromatic heterocycles. The highest BCUT2D eigenvalue weighted by Crippen LogP contribution is 2.31. The molecule has 0 amide bonds. The molecule has 198 valence electrons. The zero-order valence-corrected chi connectivity index (χ0v) is 22.0. The number of aryl methyl sites for hydroxylation is 1. The number of esters is 1. The van der Waals surface area contributed by atoms with Gasteiger partial charge in [0.05, 0.1) is 25.2 Å². The van der Waals surface area contributed by atoms with E-state index >= 15 is 0 Å². The molecule has 1 fully saturated rings. The smallest absolute Gasteiger partial charge is 0.342 e. The van der Waals surface area contributed by atoms with E-state index < -0.39 is 5.97 Å². The van der Waals surface area contributed by atoms with E-state index in [1.807, 2.05) is 64.9 Å². The number of nitrogens with zero attached hydrogens (tertiary/aromatic N) is 7. The maximum Gasteiger partial charge on any atom is 0.342 e. The quantitative estimate of drug-likeness (QED) is 0.280. The van der Waals surface area contributed by atoms with Crippen LogP contribution < -0.4 is 5.32 Å². The fraction of sp³-hybridized carbons (Fsp3) is 0.310. The third-order valence-corrected chi connectivity index (χ3v) is 7.34. The number of nitrogens with one attached hydrogen (secondary N) is 1. The minimum absolute atomic E-state index is 0.390. The summed E-state index contributed by atoms with van der Waals surface area (Å²) in [5.74, 6) is 1.51. The Labute approximate surface area is 226 Å². The number of pyridine rings is 2. The van der Waals surface area contributed by atoms with Crippen molar-refractivity contribution in [3.05, 3.63) is 72.4 Å². The van der Waals surface area contributed by atoms with E-state index in [1.165, 1.54) is 39.2 Å². The van der Waals surface area contributed by atoms with E-state index in [4.69, 9.17) is 4.74 Å². The summed E-state index contributed by atoms with van der Waals surface area (Å²) < 4.78 is 9.02. The molecule has 1 aliphatic carbocycles. The van der Waals surface area contributed by atoms with Crippen molar-refractivity contribution in [3.63, 3.8) is 0 Å². The second-order valence-electron chi connectivity index (χ2n) is 9.99. The lowest BCUT2D eigenvalue weighted by molar-refractivity contribution is 0.0603. The maximum atomic E-state index is 13.0. The minimum atomic E-state index is -0.454. The summed E-state index contributed by atoms with van der Waals surface area (Å²) in [4.78, 5) is 21.9. The number of rotatable bonds is 7. The van der Waals surface area contributed by atoms with Gasteiger partial charge in [-0.1, -0.05) is 25.3 Å². The van der Waals surface area contributed by atoms with Crippen LogP contribution >= 0.6 is 0 Å². The molecule has 0 saturated heterocycles. The van der Waals surface area contributed by atoms with Crippen molar-refractivity contribution in [2.45, 2.75) is 45.6 Å². The highest BCUT2D eigenvalue weighted by molar-refractivity contribution is 6.03. The highest BCUT2D eigenvalue weighted by Gasteiger charge is 2.23. The standard InChI is InChI=1S/C29H30N8O2/c1-19-14-23(34-35-27(19)33-25-10-6-7-12-30-25)24-16-31-28-26(29(38)39-2)22(11-13-37(24)28)21-15-32-36(18-21)17-20-8-4-3-5-9-20/h6-7,10-16,18,20H,3-5,8-9,17H2,1-2H3,(H,30,33,35). The van der Waals surface area contributed by atoms with Crippen LogP contribution in [0.1, 0.15) is 48.0 Å². The van der Waals surface area contributed by atoms with Crippen LogP contribution in [0.15, 0.2) is 61.3 Å². The molecule has 0 aliphatic heterocycles. The molecule has 10 heteroatoms. The Hall–Kier alpha value is -4.60. The number of hydrogen-bond donors (Lipinski definition) is 1. The van der Waals surface area contributed by atoms with Crippen LogP contribution in [0.25, 0.3) is 28.2 Å². The number of methoxy groups -OCH3 is 1. The summed E-state index contributed by atoms with van der Waals surface area (Å²) in [5.41, 5.74) is 4.73. The number of carbonyl (C=O) groups excluding carboxylic acids is 1. The number of fused-ring (bicyclic) bond motifs is 1. The van der Waals surface area contributed by atoms with Crippen LogP contribution in [0.5, 0.6) is 0 Å². The first-order valence-electron chi connectivity index (χ1n) is 13.2. The average molecular weight is 523 g/mol. The van der Waals surface area contributed by atoms with Gasteiger partial charge in [-0.25, -0.2) is 14.8 Å². The van der Waals surface area contributed by atoms with Crippen LogP contribution in [-0.4, -0.2) is 47.4 Å². The van der Waals surface area contributed by atoms with Gasteiger partial charge in [0.1, 0.15) is 17.1 Å². The van der Waals surface area contributed by atoms with Crippen molar-refractivity contribution in [1.29, 1.82) is 0 Å². The summed E-state index contributed by atoms with van der Waals surface area (Å²) in [5, 5.41) is 16.6. The van der Waals surface area contributed by atoms with Gasteiger partial charge < -0.3 is 10.1 Å². The molecule has 0 radical (unpaired) electrons. The van der Waals surface area contributed by atoms with Crippen molar-refractivity contribution in [2.75, 3.05) is 12.4 Å². The third kappa shape index (κ3) is 4.97. The molecule has 6 rings (SSSR count). The van der Waals surface area contributed by atoms with Crippen LogP contribution in [-0.2, 0) is 11.3 Å². The molecule has 0 atom stereocenters. The Morgan fingerprint density at radius 1 is 1.10 bits per heavy atom. The fourth-order valence-electron chi connectivity index (χ4n) is 5.31. The number of hydrogen-bond acceptors (Lipinski definition) is 8. The molecule has 1 N–H and O–H groups in total. The Morgan fingerprint density at radius 3 is 2.74 bits per heavy atom. The van der Waals surface area contributed by atoms with Crippen molar-refractivity contribution in [2.24, 2.45) is 5.92 Å². The molecule has 10 nitrogen and oxygen atoms in total. The zero-order chi connectivity index (χ0) is 26.8. The molecule has 5 heterocycles. The average Bonchev–Trinajstić information content (AvgIpc) is 3.61. The van der Waals surface area contributed by atoms with Crippen molar-refractivity contribution < 1.29 is 9.53 Å².